The number of rotatable bonds is 3. The number of carbonyl (C=O) groups is 1. The normalized spacial score (nSPS) is 10.1. The summed E-state index contributed by atoms with van der Waals surface area (Å²) < 4.78 is 5.26. The first-order valence-electron chi connectivity index (χ1n) is 4.90. The minimum atomic E-state index is 0.318. The van der Waals surface area contributed by atoms with Crippen molar-refractivity contribution >= 4 is 6.29 Å². The summed E-state index contributed by atoms with van der Waals surface area (Å²) in [5, 5.41) is 0. The zero-order valence-electron chi connectivity index (χ0n) is 9.15. The number of benzene rings is 1. The molecule has 4 heteroatoms. The number of aldehydes is 1. The van der Waals surface area contributed by atoms with E-state index in [-0.39, 0.29) is 0 Å². The van der Waals surface area contributed by atoms with Crippen molar-refractivity contribution < 1.29 is 9.53 Å². The topological polar surface area (TPSA) is 55.0 Å². The quantitative estimate of drug-likeness (QED) is 0.800. The van der Waals surface area contributed by atoms with E-state index in [4.69, 9.17) is 4.74 Å². The van der Waals surface area contributed by atoms with Crippen LogP contribution in [0.5, 0.6) is 5.75 Å². The summed E-state index contributed by atoms with van der Waals surface area (Å²) in [6, 6.07) is 5.85. The van der Waals surface area contributed by atoms with Crippen molar-refractivity contribution in [1.29, 1.82) is 0 Å². The predicted octanol–water partition coefficient (Wildman–Crippen LogP) is 2.21. The lowest BCUT2D eigenvalue weighted by atomic mass is 10.1. The van der Waals surface area contributed by atoms with Gasteiger partial charge in [0.2, 0.25) is 0 Å². The Kier molecular flexibility index (Phi) is 2.72. The second-order valence-electron chi connectivity index (χ2n) is 3.50. The van der Waals surface area contributed by atoms with Gasteiger partial charge in [0.05, 0.1) is 19.0 Å². The number of imidazole rings is 1. The Morgan fingerprint density at radius 1 is 1.44 bits per heavy atom. The van der Waals surface area contributed by atoms with E-state index in [1.807, 2.05) is 25.1 Å². The fraction of sp³-hybridized carbons (Fsp3) is 0.167. The van der Waals surface area contributed by atoms with Gasteiger partial charge in [-0.15, -0.1) is 0 Å². The van der Waals surface area contributed by atoms with E-state index in [0.717, 1.165) is 22.6 Å². The molecule has 2 aromatic rings. The Hall–Kier alpha value is -2.10. The van der Waals surface area contributed by atoms with Gasteiger partial charge in [0.1, 0.15) is 5.75 Å². The smallest absolute Gasteiger partial charge is 0.185 e. The van der Waals surface area contributed by atoms with Gasteiger partial charge in [-0.05, 0) is 19.1 Å². The molecule has 1 heterocycles. The Bertz CT molecular complexity index is 517. The zero-order chi connectivity index (χ0) is 11.5. The first-order valence-corrected chi connectivity index (χ1v) is 4.90. The van der Waals surface area contributed by atoms with Crippen molar-refractivity contribution in [3.63, 3.8) is 0 Å². The van der Waals surface area contributed by atoms with Gasteiger partial charge in [-0.2, -0.15) is 0 Å². The third-order valence-electron chi connectivity index (χ3n) is 2.35. The van der Waals surface area contributed by atoms with Crippen LogP contribution in [0.25, 0.3) is 11.3 Å². The van der Waals surface area contributed by atoms with Crippen LogP contribution >= 0.6 is 0 Å². The highest BCUT2D eigenvalue weighted by molar-refractivity contribution is 5.74. The molecule has 0 atom stereocenters. The fourth-order valence-corrected chi connectivity index (χ4v) is 1.57. The summed E-state index contributed by atoms with van der Waals surface area (Å²) in [5.41, 5.74) is 2.81. The molecular weight excluding hydrogens is 204 g/mol. The molecule has 0 radical (unpaired) electrons. The number of aromatic amines is 1. The van der Waals surface area contributed by atoms with Gasteiger partial charge in [-0.1, -0.05) is 11.6 Å². The molecular formula is C12H12N2O2. The molecule has 1 aromatic heterocycles. The van der Waals surface area contributed by atoms with Gasteiger partial charge in [-0.3, -0.25) is 4.79 Å². The van der Waals surface area contributed by atoms with Crippen LogP contribution in [0.1, 0.15) is 16.2 Å². The van der Waals surface area contributed by atoms with Gasteiger partial charge in [0.25, 0.3) is 0 Å². The van der Waals surface area contributed by atoms with E-state index in [2.05, 4.69) is 9.97 Å². The average molecular weight is 216 g/mol. The minimum absolute atomic E-state index is 0.318. The molecule has 82 valence electrons. The number of nitrogens with one attached hydrogen (secondary N) is 1. The van der Waals surface area contributed by atoms with Crippen LogP contribution in [0.2, 0.25) is 0 Å². The van der Waals surface area contributed by atoms with E-state index in [1.165, 1.54) is 0 Å². The second-order valence-corrected chi connectivity index (χ2v) is 3.50. The SMILES string of the molecule is COc1ccc(C)cc1-c1cnc(C=O)[nH]1. The summed E-state index contributed by atoms with van der Waals surface area (Å²) >= 11 is 0. The van der Waals surface area contributed by atoms with Gasteiger partial charge < -0.3 is 9.72 Å². The first kappa shape index (κ1) is 10.4. The average Bonchev–Trinajstić information content (AvgIpc) is 2.77. The maximum absolute atomic E-state index is 10.5. The van der Waals surface area contributed by atoms with Crippen molar-refractivity contribution in [2.45, 2.75) is 6.92 Å². The van der Waals surface area contributed by atoms with Crippen molar-refractivity contribution in [3.05, 3.63) is 35.8 Å². The standard InChI is InChI=1S/C12H12N2O2/c1-8-3-4-11(16-2)9(5-8)10-6-13-12(7-15)14-10/h3-7H,1-2H3,(H,13,14). The van der Waals surface area contributed by atoms with Crippen molar-refractivity contribution in [2.24, 2.45) is 0 Å². The number of ether oxygens (including phenoxy) is 1. The lowest BCUT2D eigenvalue weighted by Crippen LogP contribution is -1.89. The van der Waals surface area contributed by atoms with Crippen molar-refractivity contribution in [1.82, 2.24) is 9.97 Å². The molecule has 0 aliphatic heterocycles. The van der Waals surface area contributed by atoms with Gasteiger partial charge in [0, 0.05) is 5.56 Å². The molecule has 16 heavy (non-hydrogen) atoms. The number of hydrogen-bond acceptors (Lipinski definition) is 3. The summed E-state index contributed by atoms with van der Waals surface area (Å²) in [6.07, 6.45) is 2.31. The fourth-order valence-electron chi connectivity index (χ4n) is 1.57. The van der Waals surface area contributed by atoms with Crippen LogP contribution in [0.15, 0.2) is 24.4 Å². The van der Waals surface area contributed by atoms with E-state index in [1.54, 1.807) is 13.3 Å². The van der Waals surface area contributed by atoms with Gasteiger partial charge >= 0.3 is 0 Å². The van der Waals surface area contributed by atoms with Crippen LogP contribution in [-0.4, -0.2) is 23.4 Å². The molecule has 0 aliphatic rings. The Balaban J connectivity index is 2.53. The highest BCUT2D eigenvalue weighted by Gasteiger charge is 2.08. The van der Waals surface area contributed by atoms with Crippen LogP contribution < -0.4 is 4.74 Å². The van der Waals surface area contributed by atoms with Crippen LogP contribution in [0.4, 0.5) is 0 Å². The number of nitrogens with zero attached hydrogens (tertiary/aromatic N) is 1. The molecule has 0 aliphatic carbocycles. The molecule has 1 N–H and O–H groups in total. The summed E-state index contributed by atoms with van der Waals surface area (Å²) in [7, 11) is 1.62. The third kappa shape index (κ3) is 1.82. The maximum atomic E-state index is 10.5. The van der Waals surface area contributed by atoms with Gasteiger partial charge in [0.15, 0.2) is 12.1 Å². The van der Waals surface area contributed by atoms with Crippen LogP contribution in [-0.2, 0) is 0 Å². The molecule has 0 saturated heterocycles. The van der Waals surface area contributed by atoms with Gasteiger partial charge in [-0.25, -0.2) is 4.98 Å². The molecule has 0 fully saturated rings. The number of hydrogen-bond donors (Lipinski definition) is 1. The van der Waals surface area contributed by atoms with E-state index < -0.39 is 0 Å². The second kappa shape index (κ2) is 4.18. The molecule has 4 nitrogen and oxygen atoms in total. The molecule has 1 aromatic carbocycles. The Morgan fingerprint density at radius 2 is 2.25 bits per heavy atom. The highest BCUT2D eigenvalue weighted by atomic mass is 16.5. The summed E-state index contributed by atoms with van der Waals surface area (Å²) in [4.78, 5) is 17.4. The Labute approximate surface area is 93.3 Å². The number of H-pyrrole nitrogens is 1. The minimum Gasteiger partial charge on any atom is -0.496 e. The van der Waals surface area contributed by atoms with E-state index in [0.29, 0.717) is 12.1 Å². The first-order chi connectivity index (χ1) is 7.74. The predicted molar refractivity (Wildman–Crippen MR) is 60.7 cm³/mol. The monoisotopic (exact) mass is 216 g/mol. The largest absolute Gasteiger partial charge is 0.496 e. The van der Waals surface area contributed by atoms with Crippen molar-refractivity contribution in [3.8, 4) is 17.0 Å². The number of aryl methyl sites for hydroxylation is 1. The molecule has 0 amide bonds. The summed E-state index contributed by atoms with van der Waals surface area (Å²) in [6.45, 7) is 2.00. The maximum Gasteiger partial charge on any atom is 0.185 e. The lowest BCUT2D eigenvalue weighted by Gasteiger charge is -2.07. The van der Waals surface area contributed by atoms with E-state index in [9.17, 15) is 4.79 Å². The zero-order valence-corrected chi connectivity index (χ0v) is 9.15. The third-order valence-corrected chi connectivity index (χ3v) is 2.35. The molecule has 0 spiro atoms. The highest BCUT2D eigenvalue weighted by Crippen LogP contribution is 2.29. The molecule has 0 bridgehead atoms. The molecule has 2 rings (SSSR count). The number of carbonyl (C=O) groups excluding carboxylic acids is 1. The van der Waals surface area contributed by atoms with Crippen LogP contribution in [0.3, 0.4) is 0 Å². The molecule has 0 unspecified atom stereocenters. The van der Waals surface area contributed by atoms with Crippen molar-refractivity contribution in [2.75, 3.05) is 7.11 Å². The number of aromatic nitrogens is 2. The lowest BCUT2D eigenvalue weighted by molar-refractivity contribution is 0.111. The van der Waals surface area contributed by atoms with E-state index >= 15 is 0 Å². The molecule has 0 saturated carbocycles. The summed E-state index contributed by atoms with van der Waals surface area (Å²) in [5.74, 6) is 1.07. The van der Waals surface area contributed by atoms with Crippen LogP contribution in [0, 0.1) is 6.92 Å². The Morgan fingerprint density at radius 3 is 2.88 bits per heavy atom. The number of methoxy groups -OCH3 is 1.